The second-order valence-corrected chi connectivity index (χ2v) is 7.31. The first-order valence-corrected chi connectivity index (χ1v) is 8.71. The highest BCUT2D eigenvalue weighted by atomic mass is 32.2. The van der Waals surface area contributed by atoms with Crippen LogP contribution in [0.1, 0.15) is 5.56 Å². The van der Waals surface area contributed by atoms with Gasteiger partial charge in [-0.3, -0.25) is 10.1 Å². The third-order valence-electron chi connectivity index (χ3n) is 3.64. The van der Waals surface area contributed by atoms with E-state index >= 15 is 0 Å². The van der Waals surface area contributed by atoms with Crippen molar-refractivity contribution in [3.8, 4) is 5.75 Å². The maximum absolute atomic E-state index is 12.9. The predicted octanol–water partition coefficient (Wildman–Crippen LogP) is 2.51. The Bertz CT molecular complexity index is 889. The van der Waals surface area contributed by atoms with Crippen molar-refractivity contribution < 1.29 is 22.8 Å². The number of epoxide rings is 1. The zero-order valence-corrected chi connectivity index (χ0v) is 13.7. The molecule has 1 saturated heterocycles. The SMILES string of the molecule is Cc1ccccc1S(=O)(=O)c1cc(OCC2CO2)ccc1[N+](=O)[O-]. The number of aryl methyl sites for hydroxylation is 1. The molecule has 24 heavy (non-hydrogen) atoms. The van der Waals surface area contributed by atoms with Gasteiger partial charge in [0.2, 0.25) is 9.84 Å². The van der Waals surface area contributed by atoms with Crippen LogP contribution in [0.25, 0.3) is 0 Å². The Morgan fingerprint density at radius 1 is 1.25 bits per heavy atom. The van der Waals surface area contributed by atoms with E-state index in [1.54, 1.807) is 25.1 Å². The Morgan fingerprint density at radius 3 is 2.58 bits per heavy atom. The minimum Gasteiger partial charge on any atom is -0.491 e. The molecule has 1 aliphatic heterocycles. The van der Waals surface area contributed by atoms with Crippen molar-refractivity contribution in [3.05, 3.63) is 58.1 Å². The number of ether oxygens (including phenoxy) is 2. The van der Waals surface area contributed by atoms with Crippen LogP contribution in [0.15, 0.2) is 52.3 Å². The maximum Gasteiger partial charge on any atom is 0.288 e. The number of nitrogens with zero attached hydrogens (tertiary/aromatic N) is 1. The number of benzene rings is 2. The summed E-state index contributed by atoms with van der Waals surface area (Å²) in [6, 6.07) is 10.1. The zero-order chi connectivity index (χ0) is 17.3. The normalized spacial score (nSPS) is 16.6. The average Bonchev–Trinajstić information content (AvgIpc) is 3.37. The zero-order valence-electron chi connectivity index (χ0n) is 12.8. The first-order chi connectivity index (χ1) is 11.4. The van der Waals surface area contributed by atoms with Gasteiger partial charge in [0.15, 0.2) is 4.90 Å². The molecule has 8 heteroatoms. The Labute approximate surface area is 138 Å². The first kappa shape index (κ1) is 16.4. The van der Waals surface area contributed by atoms with Gasteiger partial charge in [0.1, 0.15) is 18.5 Å². The van der Waals surface area contributed by atoms with E-state index in [2.05, 4.69) is 0 Å². The van der Waals surface area contributed by atoms with Crippen LogP contribution in [0.4, 0.5) is 5.69 Å². The highest BCUT2D eigenvalue weighted by Crippen LogP contribution is 2.33. The van der Waals surface area contributed by atoms with Crippen molar-refractivity contribution in [2.75, 3.05) is 13.2 Å². The Morgan fingerprint density at radius 2 is 1.96 bits per heavy atom. The van der Waals surface area contributed by atoms with Crippen LogP contribution in [0.2, 0.25) is 0 Å². The van der Waals surface area contributed by atoms with Crippen molar-refractivity contribution in [1.82, 2.24) is 0 Å². The van der Waals surface area contributed by atoms with Gasteiger partial charge in [0.05, 0.1) is 16.4 Å². The van der Waals surface area contributed by atoms with Crippen LogP contribution in [0.3, 0.4) is 0 Å². The van der Waals surface area contributed by atoms with Gasteiger partial charge in [0.25, 0.3) is 5.69 Å². The van der Waals surface area contributed by atoms with Crippen molar-refractivity contribution >= 4 is 15.5 Å². The summed E-state index contributed by atoms with van der Waals surface area (Å²) >= 11 is 0. The molecular weight excluding hydrogens is 334 g/mol. The smallest absolute Gasteiger partial charge is 0.288 e. The second-order valence-electron chi connectivity index (χ2n) is 5.42. The topological polar surface area (TPSA) is 99.0 Å². The summed E-state index contributed by atoms with van der Waals surface area (Å²) in [7, 11) is -4.04. The van der Waals surface area contributed by atoms with Crippen LogP contribution in [-0.4, -0.2) is 32.7 Å². The average molecular weight is 349 g/mol. The summed E-state index contributed by atoms with van der Waals surface area (Å²) in [6.45, 7) is 2.52. The van der Waals surface area contributed by atoms with Gasteiger partial charge in [-0.05, 0) is 24.6 Å². The molecule has 2 aromatic carbocycles. The molecule has 0 bridgehead atoms. The number of hydrogen-bond donors (Lipinski definition) is 0. The number of hydrogen-bond acceptors (Lipinski definition) is 6. The van der Waals surface area contributed by atoms with E-state index in [0.29, 0.717) is 12.2 Å². The van der Waals surface area contributed by atoms with Gasteiger partial charge < -0.3 is 9.47 Å². The fourth-order valence-corrected chi connectivity index (χ4v) is 3.96. The highest BCUT2D eigenvalue weighted by Gasteiger charge is 2.30. The molecule has 1 heterocycles. The molecule has 126 valence electrons. The van der Waals surface area contributed by atoms with E-state index in [4.69, 9.17) is 9.47 Å². The van der Waals surface area contributed by atoms with Crippen molar-refractivity contribution in [1.29, 1.82) is 0 Å². The minimum atomic E-state index is -4.04. The molecule has 2 aromatic rings. The van der Waals surface area contributed by atoms with E-state index in [1.165, 1.54) is 18.2 Å². The molecule has 0 aliphatic carbocycles. The summed E-state index contributed by atoms with van der Waals surface area (Å²) in [4.78, 5) is 10.2. The number of nitro benzene ring substituents is 1. The van der Waals surface area contributed by atoms with Gasteiger partial charge in [-0.1, -0.05) is 18.2 Å². The van der Waals surface area contributed by atoms with Gasteiger partial charge in [0, 0.05) is 12.1 Å². The molecule has 0 saturated carbocycles. The van der Waals surface area contributed by atoms with Crippen LogP contribution < -0.4 is 4.74 Å². The molecule has 0 amide bonds. The molecule has 1 unspecified atom stereocenters. The van der Waals surface area contributed by atoms with Gasteiger partial charge in [-0.15, -0.1) is 0 Å². The second kappa shape index (κ2) is 6.21. The van der Waals surface area contributed by atoms with Crippen molar-refractivity contribution in [3.63, 3.8) is 0 Å². The Balaban J connectivity index is 2.07. The summed E-state index contributed by atoms with van der Waals surface area (Å²) in [5.41, 5.74) is 0.0396. The quantitative estimate of drug-likeness (QED) is 0.451. The number of rotatable bonds is 6. The molecule has 0 aromatic heterocycles. The largest absolute Gasteiger partial charge is 0.491 e. The minimum absolute atomic E-state index is 0.00313. The van der Waals surface area contributed by atoms with E-state index in [0.717, 1.165) is 6.07 Å². The van der Waals surface area contributed by atoms with Crippen LogP contribution in [-0.2, 0) is 14.6 Å². The molecule has 1 aliphatic rings. The predicted molar refractivity (Wildman–Crippen MR) is 85.0 cm³/mol. The molecule has 3 rings (SSSR count). The van der Waals surface area contributed by atoms with E-state index in [-0.39, 0.29) is 28.3 Å². The van der Waals surface area contributed by atoms with Crippen LogP contribution >= 0.6 is 0 Å². The lowest BCUT2D eigenvalue weighted by Crippen LogP contribution is -2.09. The molecule has 0 spiro atoms. The first-order valence-electron chi connectivity index (χ1n) is 7.23. The van der Waals surface area contributed by atoms with Gasteiger partial charge >= 0.3 is 0 Å². The van der Waals surface area contributed by atoms with E-state index in [9.17, 15) is 18.5 Å². The molecule has 7 nitrogen and oxygen atoms in total. The van der Waals surface area contributed by atoms with Crippen molar-refractivity contribution in [2.24, 2.45) is 0 Å². The van der Waals surface area contributed by atoms with Crippen LogP contribution in [0.5, 0.6) is 5.75 Å². The third kappa shape index (κ3) is 3.24. The highest BCUT2D eigenvalue weighted by molar-refractivity contribution is 7.91. The number of sulfone groups is 1. The number of nitro groups is 1. The van der Waals surface area contributed by atoms with Crippen molar-refractivity contribution in [2.45, 2.75) is 22.8 Å². The summed E-state index contributed by atoms with van der Waals surface area (Å²) in [6.07, 6.45) is -0.00313. The third-order valence-corrected chi connectivity index (χ3v) is 5.58. The summed E-state index contributed by atoms with van der Waals surface area (Å²) in [5, 5.41) is 11.3. The lowest BCUT2D eigenvalue weighted by molar-refractivity contribution is -0.387. The fourth-order valence-electron chi connectivity index (χ4n) is 2.28. The van der Waals surface area contributed by atoms with Gasteiger partial charge in [-0.25, -0.2) is 8.42 Å². The summed E-state index contributed by atoms with van der Waals surface area (Å²) < 4.78 is 36.3. The van der Waals surface area contributed by atoms with E-state index in [1.807, 2.05) is 0 Å². The Kier molecular flexibility index (Phi) is 4.25. The molecule has 1 atom stereocenters. The molecule has 0 N–H and O–H groups in total. The summed E-state index contributed by atoms with van der Waals surface area (Å²) in [5.74, 6) is 0.253. The fraction of sp³-hybridized carbons (Fsp3) is 0.250. The molecule has 1 fully saturated rings. The lowest BCUT2D eigenvalue weighted by Gasteiger charge is -2.10. The molecule has 0 radical (unpaired) electrons. The lowest BCUT2D eigenvalue weighted by atomic mass is 10.2. The molecular formula is C16H15NO6S. The standard InChI is InChI=1S/C16H15NO6S/c1-11-4-2-3-5-15(11)24(20,21)16-8-12(22-9-13-10-23-13)6-7-14(16)17(18)19/h2-8,13H,9-10H2,1H3. The van der Waals surface area contributed by atoms with Gasteiger partial charge in [-0.2, -0.15) is 0 Å². The van der Waals surface area contributed by atoms with E-state index < -0.39 is 20.4 Å². The maximum atomic E-state index is 12.9. The van der Waals surface area contributed by atoms with Crippen LogP contribution in [0, 0.1) is 17.0 Å². The Hall–Kier alpha value is -2.45. The monoisotopic (exact) mass is 349 g/mol.